The topological polar surface area (TPSA) is 44.7 Å². The molecular formula is C16H27N5O. The highest BCUT2D eigenvalue weighted by Crippen LogP contribution is 2.17. The molecule has 3 heterocycles. The predicted molar refractivity (Wildman–Crippen MR) is 88.6 cm³/mol. The Kier molecular flexibility index (Phi) is 5.10. The van der Waals surface area contributed by atoms with E-state index in [0.29, 0.717) is 6.10 Å². The predicted octanol–water partition coefficient (Wildman–Crippen LogP) is 1.23. The fourth-order valence-corrected chi connectivity index (χ4v) is 3.11. The monoisotopic (exact) mass is 305 g/mol. The molecule has 0 spiro atoms. The van der Waals surface area contributed by atoms with Crippen LogP contribution in [-0.4, -0.2) is 74.4 Å². The van der Waals surface area contributed by atoms with Gasteiger partial charge in [0, 0.05) is 59.6 Å². The third-order valence-electron chi connectivity index (χ3n) is 4.48. The summed E-state index contributed by atoms with van der Waals surface area (Å²) in [4.78, 5) is 15.9. The summed E-state index contributed by atoms with van der Waals surface area (Å²) >= 11 is 0. The number of anilines is 2. The van der Waals surface area contributed by atoms with Crippen LogP contribution in [0.4, 0.5) is 11.8 Å². The molecule has 6 nitrogen and oxygen atoms in total. The molecule has 0 aliphatic carbocycles. The molecule has 2 aliphatic heterocycles. The van der Waals surface area contributed by atoms with Crippen molar-refractivity contribution in [2.24, 2.45) is 0 Å². The zero-order valence-corrected chi connectivity index (χ0v) is 13.7. The Morgan fingerprint density at radius 3 is 2.73 bits per heavy atom. The quantitative estimate of drug-likeness (QED) is 0.834. The molecule has 2 saturated heterocycles. The van der Waals surface area contributed by atoms with Gasteiger partial charge in [0.25, 0.3) is 0 Å². The lowest BCUT2D eigenvalue weighted by atomic mass is 10.1. The Morgan fingerprint density at radius 1 is 1.23 bits per heavy atom. The van der Waals surface area contributed by atoms with E-state index in [1.807, 2.05) is 31.3 Å². The summed E-state index contributed by atoms with van der Waals surface area (Å²) < 4.78 is 5.85. The molecule has 1 atom stereocenters. The van der Waals surface area contributed by atoms with E-state index in [0.717, 1.165) is 51.1 Å². The lowest BCUT2D eigenvalue weighted by Gasteiger charge is -2.37. The van der Waals surface area contributed by atoms with Crippen molar-refractivity contribution in [3.05, 3.63) is 12.3 Å². The van der Waals surface area contributed by atoms with Crippen molar-refractivity contribution in [2.45, 2.75) is 25.4 Å². The summed E-state index contributed by atoms with van der Waals surface area (Å²) in [6.07, 6.45) is 6.04. The second-order valence-corrected chi connectivity index (χ2v) is 6.39. The van der Waals surface area contributed by atoms with Gasteiger partial charge in [-0.3, -0.25) is 4.90 Å². The maximum Gasteiger partial charge on any atom is 0.227 e. The Hall–Kier alpha value is -1.40. The molecule has 1 unspecified atom stereocenters. The minimum absolute atomic E-state index is 0.439. The van der Waals surface area contributed by atoms with E-state index < -0.39 is 0 Å². The fourth-order valence-electron chi connectivity index (χ4n) is 3.11. The first-order chi connectivity index (χ1) is 10.7. The molecule has 2 fully saturated rings. The van der Waals surface area contributed by atoms with Gasteiger partial charge in [0.15, 0.2) is 0 Å². The summed E-state index contributed by atoms with van der Waals surface area (Å²) in [6.45, 7) is 6.13. The van der Waals surface area contributed by atoms with Crippen molar-refractivity contribution in [1.29, 1.82) is 0 Å². The van der Waals surface area contributed by atoms with Crippen LogP contribution in [0.25, 0.3) is 0 Å². The van der Waals surface area contributed by atoms with Gasteiger partial charge in [-0.05, 0) is 25.3 Å². The maximum atomic E-state index is 5.85. The Bertz CT molecular complexity index is 467. The van der Waals surface area contributed by atoms with Gasteiger partial charge < -0.3 is 14.5 Å². The maximum absolute atomic E-state index is 5.85. The van der Waals surface area contributed by atoms with E-state index in [1.54, 1.807) is 0 Å². The van der Waals surface area contributed by atoms with Crippen molar-refractivity contribution in [3.8, 4) is 0 Å². The van der Waals surface area contributed by atoms with Gasteiger partial charge in [-0.2, -0.15) is 4.98 Å². The van der Waals surface area contributed by atoms with Crippen LogP contribution < -0.4 is 9.80 Å². The summed E-state index contributed by atoms with van der Waals surface area (Å²) in [6, 6.07) is 1.94. The van der Waals surface area contributed by atoms with Crippen LogP contribution in [0.1, 0.15) is 19.3 Å². The summed E-state index contributed by atoms with van der Waals surface area (Å²) in [5.41, 5.74) is 0. The van der Waals surface area contributed by atoms with Crippen LogP contribution in [0.3, 0.4) is 0 Å². The van der Waals surface area contributed by atoms with E-state index in [1.165, 1.54) is 19.3 Å². The van der Waals surface area contributed by atoms with Crippen molar-refractivity contribution in [2.75, 3.05) is 63.2 Å². The fraction of sp³-hybridized carbons (Fsp3) is 0.750. The van der Waals surface area contributed by atoms with Crippen molar-refractivity contribution < 1.29 is 4.74 Å². The molecule has 0 aromatic carbocycles. The molecule has 3 rings (SSSR count). The highest BCUT2D eigenvalue weighted by atomic mass is 16.5. The van der Waals surface area contributed by atoms with Gasteiger partial charge in [-0.1, -0.05) is 0 Å². The second kappa shape index (κ2) is 7.24. The van der Waals surface area contributed by atoms with Crippen LogP contribution in [0, 0.1) is 0 Å². The first-order valence-electron chi connectivity index (χ1n) is 8.31. The Morgan fingerprint density at radius 2 is 2.05 bits per heavy atom. The lowest BCUT2D eigenvalue weighted by Crippen LogP contribution is -2.49. The van der Waals surface area contributed by atoms with E-state index in [9.17, 15) is 0 Å². The van der Waals surface area contributed by atoms with Gasteiger partial charge in [-0.25, -0.2) is 4.98 Å². The molecule has 0 saturated carbocycles. The number of rotatable bonds is 4. The molecule has 1 aromatic rings. The molecule has 0 bridgehead atoms. The molecule has 6 heteroatoms. The van der Waals surface area contributed by atoms with Crippen molar-refractivity contribution in [1.82, 2.24) is 14.9 Å². The third-order valence-corrected chi connectivity index (χ3v) is 4.48. The van der Waals surface area contributed by atoms with Crippen LogP contribution in [0.15, 0.2) is 12.3 Å². The van der Waals surface area contributed by atoms with Gasteiger partial charge in [0.05, 0.1) is 6.10 Å². The standard InChI is InChI=1S/C16H27N5O/c1-19(2)15-6-7-17-16(18-15)21-10-8-20(9-11-21)13-14-5-3-4-12-22-14/h6-7,14H,3-5,8-13H2,1-2H3. The van der Waals surface area contributed by atoms with Crippen LogP contribution in [0.2, 0.25) is 0 Å². The van der Waals surface area contributed by atoms with Gasteiger partial charge >= 0.3 is 0 Å². The van der Waals surface area contributed by atoms with Crippen molar-refractivity contribution in [3.63, 3.8) is 0 Å². The van der Waals surface area contributed by atoms with Gasteiger partial charge in [0.1, 0.15) is 5.82 Å². The molecule has 1 aromatic heterocycles. The van der Waals surface area contributed by atoms with Gasteiger partial charge in [-0.15, -0.1) is 0 Å². The van der Waals surface area contributed by atoms with Gasteiger partial charge in [0.2, 0.25) is 5.95 Å². The summed E-state index contributed by atoms with van der Waals surface area (Å²) in [5, 5.41) is 0. The molecule has 0 radical (unpaired) electrons. The minimum Gasteiger partial charge on any atom is -0.377 e. The largest absolute Gasteiger partial charge is 0.377 e. The number of aromatic nitrogens is 2. The molecule has 0 amide bonds. The van der Waals surface area contributed by atoms with Crippen molar-refractivity contribution >= 4 is 11.8 Å². The number of nitrogens with zero attached hydrogens (tertiary/aromatic N) is 5. The number of hydrogen-bond donors (Lipinski definition) is 0. The second-order valence-electron chi connectivity index (χ2n) is 6.39. The minimum atomic E-state index is 0.439. The SMILES string of the molecule is CN(C)c1ccnc(N2CCN(CC3CCCCO3)CC2)n1. The molecule has 122 valence electrons. The first-order valence-corrected chi connectivity index (χ1v) is 8.31. The van der Waals surface area contributed by atoms with Crippen LogP contribution >= 0.6 is 0 Å². The lowest BCUT2D eigenvalue weighted by molar-refractivity contribution is -0.00648. The first kappa shape index (κ1) is 15.5. The smallest absolute Gasteiger partial charge is 0.227 e. The van der Waals surface area contributed by atoms with E-state index in [-0.39, 0.29) is 0 Å². The summed E-state index contributed by atoms with van der Waals surface area (Å²) in [5.74, 6) is 1.81. The zero-order valence-electron chi connectivity index (χ0n) is 13.7. The van der Waals surface area contributed by atoms with Crippen LogP contribution in [-0.2, 0) is 4.74 Å². The zero-order chi connectivity index (χ0) is 15.4. The highest BCUT2D eigenvalue weighted by molar-refractivity contribution is 5.42. The molecule has 0 N–H and O–H groups in total. The van der Waals surface area contributed by atoms with E-state index in [2.05, 4.69) is 19.8 Å². The normalized spacial score (nSPS) is 23.5. The van der Waals surface area contributed by atoms with E-state index >= 15 is 0 Å². The number of ether oxygens (including phenoxy) is 1. The van der Waals surface area contributed by atoms with E-state index in [4.69, 9.17) is 4.74 Å². The molecular weight excluding hydrogens is 278 g/mol. The molecule has 2 aliphatic rings. The third kappa shape index (κ3) is 3.87. The van der Waals surface area contributed by atoms with Crippen LogP contribution in [0.5, 0.6) is 0 Å². The Balaban J connectivity index is 1.51. The number of hydrogen-bond acceptors (Lipinski definition) is 6. The Labute approximate surface area is 133 Å². The highest BCUT2D eigenvalue weighted by Gasteiger charge is 2.23. The summed E-state index contributed by atoms with van der Waals surface area (Å²) in [7, 11) is 4.02. The average molecular weight is 305 g/mol. The number of piperazine rings is 1. The molecule has 22 heavy (non-hydrogen) atoms. The average Bonchev–Trinajstić information content (AvgIpc) is 2.56.